The Morgan fingerprint density at radius 2 is 1.57 bits per heavy atom. The number of aromatic nitrogens is 1. The molecule has 5 rings (SSSR count). The van der Waals surface area contributed by atoms with Gasteiger partial charge in [-0.25, -0.2) is 4.98 Å². The van der Waals surface area contributed by atoms with Crippen LogP contribution in [-0.4, -0.2) is 21.8 Å². The average Bonchev–Trinajstić information content (AvgIpc) is 2.89. The number of allylic oxidation sites excluding steroid dienone is 1. The molecule has 3 aromatic rings. The SMILES string of the molecule is O=C1CC(c2ccccc2)CC2=C1C(O)c1nc(-c3ccccc3)ccc1C(=O)N2. The third kappa shape index (κ3) is 3.13. The normalized spacial score (nSPS) is 20.8. The van der Waals surface area contributed by atoms with Crippen LogP contribution < -0.4 is 5.32 Å². The van der Waals surface area contributed by atoms with E-state index in [0.29, 0.717) is 29.8 Å². The van der Waals surface area contributed by atoms with Crippen LogP contribution in [0.15, 0.2) is 84.1 Å². The van der Waals surface area contributed by atoms with Gasteiger partial charge in [-0.15, -0.1) is 0 Å². The second-order valence-electron chi connectivity index (χ2n) is 7.68. The number of hydrogen-bond acceptors (Lipinski definition) is 4. The van der Waals surface area contributed by atoms with E-state index in [1.165, 1.54) is 0 Å². The fraction of sp³-hybridized carbons (Fsp3) is 0.160. The number of hydrogen-bond donors (Lipinski definition) is 2. The molecule has 5 nitrogen and oxygen atoms in total. The number of benzene rings is 2. The Bertz CT molecular complexity index is 1170. The fourth-order valence-electron chi connectivity index (χ4n) is 4.31. The summed E-state index contributed by atoms with van der Waals surface area (Å²) < 4.78 is 0. The number of aliphatic hydroxyl groups excluding tert-OH is 1. The highest BCUT2D eigenvalue weighted by atomic mass is 16.3. The van der Waals surface area contributed by atoms with Crippen LogP contribution in [0.1, 0.15) is 46.5 Å². The molecule has 2 atom stereocenters. The number of carbonyl (C=O) groups excluding carboxylic acids is 2. The molecule has 0 radical (unpaired) electrons. The third-order valence-electron chi connectivity index (χ3n) is 5.81. The van der Waals surface area contributed by atoms with E-state index in [4.69, 9.17) is 0 Å². The van der Waals surface area contributed by atoms with E-state index in [1.54, 1.807) is 12.1 Å². The van der Waals surface area contributed by atoms with E-state index in [1.807, 2.05) is 60.7 Å². The second-order valence-corrected chi connectivity index (χ2v) is 7.68. The highest BCUT2D eigenvalue weighted by Gasteiger charge is 2.38. The van der Waals surface area contributed by atoms with Crippen molar-refractivity contribution in [2.24, 2.45) is 0 Å². The number of carbonyl (C=O) groups is 2. The van der Waals surface area contributed by atoms with Gasteiger partial charge in [0.15, 0.2) is 5.78 Å². The van der Waals surface area contributed by atoms with E-state index in [-0.39, 0.29) is 28.9 Å². The van der Waals surface area contributed by atoms with Crippen molar-refractivity contribution in [3.8, 4) is 11.3 Å². The van der Waals surface area contributed by atoms with Gasteiger partial charge in [0.25, 0.3) is 5.91 Å². The molecule has 0 saturated carbocycles. The van der Waals surface area contributed by atoms with Crippen LogP contribution >= 0.6 is 0 Å². The van der Waals surface area contributed by atoms with E-state index < -0.39 is 6.10 Å². The van der Waals surface area contributed by atoms with E-state index >= 15 is 0 Å². The van der Waals surface area contributed by atoms with Crippen molar-refractivity contribution in [3.63, 3.8) is 0 Å². The van der Waals surface area contributed by atoms with E-state index in [2.05, 4.69) is 10.3 Å². The summed E-state index contributed by atoms with van der Waals surface area (Å²) in [6.45, 7) is 0. The summed E-state index contributed by atoms with van der Waals surface area (Å²) in [7, 11) is 0. The smallest absolute Gasteiger partial charge is 0.257 e. The first-order valence-corrected chi connectivity index (χ1v) is 9.99. The molecule has 2 aromatic carbocycles. The molecule has 2 unspecified atom stereocenters. The van der Waals surface area contributed by atoms with Gasteiger partial charge in [-0.05, 0) is 30.0 Å². The van der Waals surface area contributed by atoms with Gasteiger partial charge in [0.1, 0.15) is 6.10 Å². The molecule has 0 bridgehead atoms. The number of ketones is 1. The van der Waals surface area contributed by atoms with Gasteiger partial charge >= 0.3 is 0 Å². The minimum absolute atomic E-state index is 0.0287. The Balaban J connectivity index is 1.57. The lowest BCUT2D eigenvalue weighted by molar-refractivity contribution is -0.117. The van der Waals surface area contributed by atoms with Gasteiger partial charge in [0.2, 0.25) is 0 Å². The number of amides is 1. The predicted molar refractivity (Wildman–Crippen MR) is 113 cm³/mol. The largest absolute Gasteiger partial charge is 0.382 e. The highest BCUT2D eigenvalue weighted by molar-refractivity contribution is 6.04. The number of nitrogens with zero attached hydrogens (tertiary/aromatic N) is 1. The molecular formula is C25H20N2O3. The lowest BCUT2D eigenvalue weighted by Gasteiger charge is -2.27. The van der Waals surface area contributed by atoms with Gasteiger partial charge in [-0.2, -0.15) is 0 Å². The zero-order chi connectivity index (χ0) is 20.7. The van der Waals surface area contributed by atoms with Crippen LogP contribution in [0.2, 0.25) is 0 Å². The summed E-state index contributed by atoms with van der Waals surface area (Å²) in [5.74, 6) is -0.528. The molecule has 1 aromatic heterocycles. The minimum atomic E-state index is -1.23. The molecule has 0 spiro atoms. The summed E-state index contributed by atoms with van der Waals surface area (Å²) in [5, 5.41) is 14.0. The Labute approximate surface area is 174 Å². The van der Waals surface area contributed by atoms with Crippen molar-refractivity contribution >= 4 is 11.7 Å². The number of aliphatic hydroxyl groups is 1. The Morgan fingerprint density at radius 1 is 0.867 bits per heavy atom. The van der Waals surface area contributed by atoms with Crippen LogP contribution in [-0.2, 0) is 4.79 Å². The molecular weight excluding hydrogens is 376 g/mol. The minimum Gasteiger partial charge on any atom is -0.382 e. The third-order valence-corrected chi connectivity index (χ3v) is 5.81. The van der Waals surface area contributed by atoms with Crippen LogP contribution in [0.5, 0.6) is 0 Å². The first-order chi connectivity index (χ1) is 14.6. The summed E-state index contributed by atoms with van der Waals surface area (Å²) in [6.07, 6.45) is -0.446. The Kier molecular flexibility index (Phi) is 4.52. The van der Waals surface area contributed by atoms with Crippen molar-refractivity contribution in [1.82, 2.24) is 10.3 Å². The monoisotopic (exact) mass is 396 g/mol. The molecule has 5 heteroatoms. The molecule has 2 N–H and O–H groups in total. The maximum atomic E-state index is 13.0. The lowest BCUT2D eigenvalue weighted by atomic mass is 9.80. The molecule has 0 fully saturated rings. The zero-order valence-corrected chi connectivity index (χ0v) is 16.2. The van der Waals surface area contributed by atoms with Crippen molar-refractivity contribution < 1.29 is 14.7 Å². The van der Waals surface area contributed by atoms with Crippen LogP contribution in [0.4, 0.5) is 0 Å². The topological polar surface area (TPSA) is 79.3 Å². The standard InChI is InChI=1S/C25H20N2O3/c28-21-14-17(15-7-3-1-4-8-15)13-20-22(21)24(29)23-18(25(30)27-20)11-12-19(26-23)16-9-5-2-6-10-16/h1-12,17,24,29H,13-14H2,(H,27,30). The number of pyridine rings is 1. The predicted octanol–water partition coefficient (Wildman–Crippen LogP) is 3.93. The number of Topliss-reactive ketones (excluding diaryl/α,β-unsaturated/α-hetero) is 1. The lowest BCUT2D eigenvalue weighted by Crippen LogP contribution is -2.29. The second kappa shape index (κ2) is 7.35. The van der Waals surface area contributed by atoms with Gasteiger partial charge in [0, 0.05) is 23.3 Å². The molecule has 0 saturated heterocycles. The van der Waals surface area contributed by atoms with Crippen LogP contribution in [0.3, 0.4) is 0 Å². The molecule has 1 aliphatic heterocycles. The van der Waals surface area contributed by atoms with Crippen molar-refractivity contribution in [2.45, 2.75) is 24.9 Å². The van der Waals surface area contributed by atoms with Gasteiger partial charge in [-0.3, -0.25) is 9.59 Å². The summed E-state index contributed by atoms with van der Waals surface area (Å²) in [4.78, 5) is 30.5. The van der Waals surface area contributed by atoms with Crippen molar-refractivity contribution in [1.29, 1.82) is 0 Å². The van der Waals surface area contributed by atoms with Gasteiger partial charge in [-0.1, -0.05) is 60.7 Å². The average molecular weight is 396 g/mol. The first-order valence-electron chi connectivity index (χ1n) is 9.99. The van der Waals surface area contributed by atoms with Crippen LogP contribution in [0.25, 0.3) is 11.3 Å². The van der Waals surface area contributed by atoms with Crippen molar-refractivity contribution in [2.75, 3.05) is 0 Å². The molecule has 1 aliphatic carbocycles. The summed E-state index contributed by atoms with van der Waals surface area (Å²) in [5.41, 5.74) is 3.85. The fourth-order valence-corrected chi connectivity index (χ4v) is 4.31. The molecule has 148 valence electrons. The first kappa shape index (κ1) is 18.5. The summed E-state index contributed by atoms with van der Waals surface area (Å²) in [6, 6.07) is 22.8. The summed E-state index contributed by atoms with van der Waals surface area (Å²) >= 11 is 0. The quantitative estimate of drug-likeness (QED) is 0.688. The van der Waals surface area contributed by atoms with Gasteiger partial charge < -0.3 is 10.4 Å². The van der Waals surface area contributed by atoms with Crippen molar-refractivity contribution in [3.05, 3.63) is 101 Å². The molecule has 2 aliphatic rings. The van der Waals surface area contributed by atoms with Gasteiger partial charge in [0.05, 0.1) is 17.0 Å². The number of rotatable bonds is 2. The highest BCUT2D eigenvalue weighted by Crippen LogP contribution is 2.40. The number of nitrogens with one attached hydrogen (secondary N) is 1. The Morgan fingerprint density at radius 3 is 2.30 bits per heavy atom. The maximum Gasteiger partial charge on any atom is 0.257 e. The van der Waals surface area contributed by atoms with Crippen LogP contribution in [0, 0.1) is 0 Å². The maximum absolute atomic E-state index is 13.0. The Hall–Kier alpha value is -3.57. The molecule has 1 amide bonds. The van der Waals surface area contributed by atoms with E-state index in [9.17, 15) is 14.7 Å². The van der Waals surface area contributed by atoms with E-state index in [0.717, 1.165) is 11.1 Å². The molecule has 2 heterocycles. The number of fused-ring (bicyclic) bond motifs is 1. The molecule has 30 heavy (non-hydrogen) atoms. The zero-order valence-electron chi connectivity index (χ0n) is 16.2.